The number of fused-ring (bicyclic) bond motifs is 1. The van der Waals surface area contributed by atoms with Crippen molar-refractivity contribution in [2.45, 2.75) is 25.9 Å². The Balaban J connectivity index is 1.55. The van der Waals surface area contributed by atoms with Crippen molar-refractivity contribution in [3.05, 3.63) is 64.4 Å². The number of amides is 2. The van der Waals surface area contributed by atoms with Crippen LogP contribution in [0.5, 0.6) is 5.75 Å². The summed E-state index contributed by atoms with van der Waals surface area (Å²) in [5, 5.41) is 2.04. The van der Waals surface area contributed by atoms with Crippen LogP contribution in [-0.4, -0.2) is 35.4 Å². The normalized spacial score (nSPS) is 21.4. The molecule has 4 rings (SSSR count). The van der Waals surface area contributed by atoms with E-state index >= 15 is 0 Å². The predicted octanol–water partition coefficient (Wildman–Crippen LogP) is 3.67. The van der Waals surface area contributed by atoms with Crippen LogP contribution in [0.4, 0.5) is 0 Å². The van der Waals surface area contributed by atoms with Crippen LogP contribution in [-0.2, 0) is 22.7 Å². The van der Waals surface area contributed by atoms with E-state index in [1.54, 1.807) is 18.4 Å². The van der Waals surface area contributed by atoms with E-state index in [2.05, 4.69) is 11.0 Å². The average Bonchev–Trinajstić information content (AvgIpc) is 3.31. The Kier molecular flexibility index (Phi) is 5.59. The van der Waals surface area contributed by atoms with E-state index in [9.17, 15) is 9.59 Å². The number of ether oxygens (including phenoxy) is 1. The van der Waals surface area contributed by atoms with E-state index in [1.165, 1.54) is 9.78 Å². The largest absolute Gasteiger partial charge is 0.496 e. The first-order valence-corrected chi connectivity index (χ1v) is 10.4. The second-order valence-electron chi connectivity index (χ2n) is 7.28. The quantitative estimate of drug-likeness (QED) is 0.529. The molecule has 1 saturated heterocycles. The van der Waals surface area contributed by atoms with E-state index in [1.807, 2.05) is 47.9 Å². The highest BCUT2D eigenvalue weighted by molar-refractivity contribution is 7.09. The number of thiophene rings is 1. The lowest BCUT2D eigenvalue weighted by Gasteiger charge is -2.27. The maximum Gasteiger partial charge on any atom is 0.234 e. The number of methoxy groups -OCH3 is 1. The van der Waals surface area contributed by atoms with E-state index in [0.717, 1.165) is 11.3 Å². The molecule has 146 valence electrons. The molecule has 1 fully saturated rings. The molecule has 0 spiro atoms. The minimum absolute atomic E-state index is 0.0319. The lowest BCUT2D eigenvalue weighted by molar-refractivity contribution is -0.142. The highest BCUT2D eigenvalue weighted by Crippen LogP contribution is 2.35. The summed E-state index contributed by atoms with van der Waals surface area (Å²) in [4.78, 5) is 30.6. The first-order valence-electron chi connectivity index (χ1n) is 9.54. The van der Waals surface area contributed by atoms with Crippen molar-refractivity contribution >= 4 is 23.2 Å². The maximum atomic E-state index is 12.9. The van der Waals surface area contributed by atoms with E-state index < -0.39 is 0 Å². The molecule has 1 aromatic carbocycles. The summed E-state index contributed by atoms with van der Waals surface area (Å²) < 4.78 is 5.49. The number of para-hydroxylation sites is 1. The molecule has 0 N–H and O–H groups in total. The van der Waals surface area contributed by atoms with E-state index in [0.29, 0.717) is 32.6 Å². The predicted molar refractivity (Wildman–Crippen MR) is 109 cm³/mol. The second kappa shape index (κ2) is 8.29. The zero-order valence-electron chi connectivity index (χ0n) is 15.9. The second-order valence-corrected chi connectivity index (χ2v) is 8.31. The Morgan fingerprint density at radius 2 is 1.75 bits per heavy atom. The zero-order chi connectivity index (χ0) is 19.5. The molecule has 2 atom stereocenters. The van der Waals surface area contributed by atoms with Crippen molar-refractivity contribution in [2.24, 2.45) is 11.8 Å². The van der Waals surface area contributed by atoms with Crippen molar-refractivity contribution in [2.75, 3.05) is 13.8 Å². The Hall–Kier alpha value is -2.44. The van der Waals surface area contributed by atoms with Gasteiger partial charge in [-0.25, -0.2) is 0 Å². The molecule has 2 aliphatic rings. The summed E-state index contributed by atoms with van der Waals surface area (Å²) in [6.45, 7) is 1.59. The fraction of sp³-hybridized carbons (Fsp3) is 0.364. The number of benzene rings is 1. The van der Waals surface area contributed by atoms with Crippen LogP contribution in [0.25, 0.3) is 0 Å². The summed E-state index contributed by atoms with van der Waals surface area (Å²) in [5.41, 5.74) is 1.04. The first kappa shape index (κ1) is 18.9. The van der Waals surface area contributed by atoms with Crippen LogP contribution in [0, 0.1) is 11.8 Å². The number of carbonyl (C=O) groups is 2. The van der Waals surface area contributed by atoms with Gasteiger partial charge in [0.05, 0.1) is 25.6 Å². The third-order valence-corrected chi connectivity index (χ3v) is 6.35. The third-order valence-electron chi connectivity index (χ3n) is 5.49. The Labute approximate surface area is 169 Å². The summed E-state index contributed by atoms with van der Waals surface area (Å²) >= 11 is 1.68. The fourth-order valence-corrected chi connectivity index (χ4v) is 4.81. The summed E-state index contributed by atoms with van der Waals surface area (Å²) in [7, 11) is 1.66. The molecule has 0 radical (unpaired) electrons. The molecule has 0 bridgehead atoms. The van der Waals surface area contributed by atoms with Gasteiger partial charge in [0.2, 0.25) is 11.8 Å². The number of hydrogen-bond donors (Lipinski definition) is 0. The van der Waals surface area contributed by atoms with Crippen LogP contribution >= 0.6 is 11.3 Å². The van der Waals surface area contributed by atoms with Crippen molar-refractivity contribution < 1.29 is 14.3 Å². The molecule has 5 nitrogen and oxygen atoms in total. The van der Waals surface area contributed by atoms with Crippen LogP contribution in [0.15, 0.2) is 53.9 Å². The molecule has 2 aromatic rings. The number of carbonyl (C=O) groups excluding carboxylic acids is 2. The van der Waals surface area contributed by atoms with Gasteiger partial charge in [0.25, 0.3) is 0 Å². The molecule has 2 amide bonds. The topological polar surface area (TPSA) is 49.9 Å². The number of allylic oxidation sites excluding steroid dienone is 2. The average molecular weight is 397 g/mol. The highest BCUT2D eigenvalue weighted by Gasteiger charge is 2.47. The monoisotopic (exact) mass is 396 g/mol. The zero-order valence-corrected chi connectivity index (χ0v) is 16.7. The summed E-state index contributed by atoms with van der Waals surface area (Å²) in [6.07, 6.45) is 5.38. The van der Waals surface area contributed by atoms with Gasteiger partial charge in [-0.15, -0.1) is 11.3 Å². The SMILES string of the molecule is COc1ccccc1CN(Cc1cccs1)CN1C(=O)C2CC=CCC2C1=O. The lowest BCUT2D eigenvalue weighted by atomic mass is 9.85. The molecule has 2 heterocycles. The van der Waals surface area contributed by atoms with E-state index in [4.69, 9.17) is 4.74 Å². The van der Waals surface area contributed by atoms with Gasteiger partial charge < -0.3 is 4.74 Å². The minimum Gasteiger partial charge on any atom is -0.496 e. The standard InChI is InChI=1S/C22H24N2O3S/c1-27-20-11-5-2-7-16(20)13-23(14-17-8-6-12-28-17)15-24-21(25)18-9-3-4-10-19(18)22(24)26/h2-8,11-12,18-19H,9-10,13-15H2,1H3. The maximum absolute atomic E-state index is 12.9. The van der Waals surface area contributed by atoms with Crippen LogP contribution in [0.2, 0.25) is 0 Å². The van der Waals surface area contributed by atoms with Crippen molar-refractivity contribution in [3.8, 4) is 5.75 Å². The molecular formula is C22H24N2O3S. The molecule has 2 unspecified atom stereocenters. The van der Waals surface area contributed by atoms with Gasteiger partial charge in [-0.1, -0.05) is 36.4 Å². The lowest BCUT2D eigenvalue weighted by Crippen LogP contribution is -2.41. The Morgan fingerprint density at radius 3 is 2.39 bits per heavy atom. The highest BCUT2D eigenvalue weighted by atomic mass is 32.1. The van der Waals surface area contributed by atoms with Gasteiger partial charge >= 0.3 is 0 Å². The Bertz CT molecular complexity index is 852. The summed E-state index contributed by atoms with van der Waals surface area (Å²) in [6, 6.07) is 12.0. The van der Waals surface area contributed by atoms with Crippen molar-refractivity contribution in [1.29, 1.82) is 0 Å². The molecule has 0 saturated carbocycles. The third kappa shape index (κ3) is 3.75. The van der Waals surface area contributed by atoms with Crippen molar-refractivity contribution in [1.82, 2.24) is 9.80 Å². The van der Waals surface area contributed by atoms with Crippen LogP contribution in [0.1, 0.15) is 23.3 Å². The number of hydrogen-bond acceptors (Lipinski definition) is 5. The summed E-state index contributed by atoms with van der Waals surface area (Å²) in [5.74, 6) is 0.376. The molecular weight excluding hydrogens is 372 g/mol. The Morgan fingerprint density at radius 1 is 1.04 bits per heavy atom. The molecule has 6 heteroatoms. The molecule has 1 aliphatic carbocycles. The molecule has 1 aliphatic heterocycles. The van der Waals surface area contributed by atoms with Crippen LogP contribution in [0.3, 0.4) is 0 Å². The minimum atomic E-state index is -0.188. The van der Waals surface area contributed by atoms with Gasteiger partial charge in [0.15, 0.2) is 0 Å². The molecule has 1 aromatic heterocycles. The number of nitrogens with zero attached hydrogens (tertiary/aromatic N) is 2. The number of likely N-dealkylation sites (tertiary alicyclic amines) is 1. The molecule has 28 heavy (non-hydrogen) atoms. The van der Waals surface area contributed by atoms with Gasteiger partial charge in [-0.05, 0) is 30.4 Å². The van der Waals surface area contributed by atoms with E-state index in [-0.39, 0.29) is 23.7 Å². The number of rotatable bonds is 7. The number of imide groups is 1. The van der Waals surface area contributed by atoms with Gasteiger partial charge in [0, 0.05) is 23.5 Å². The van der Waals surface area contributed by atoms with Crippen LogP contribution < -0.4 is 4.74 Å². The smallest absolute Gasteiger partial charge is 0.234 e. The van der Waals surface area contributed by atoms with Gasteiger partial charge in [0.1, 0.15) is 5.75 Å². The van der Waals surface area contributed by atoms with Gasteiger partial charge in [-0.2, -0.15) is 0 Å². The van der Waals surface area contributed by atoms with Gasteiger partial charge in [-0.3, -0.25) is 19.4 Å². The fourth-order valence-electron chi connectivity index (χ4n) is 4.06. The first-order chi connectivity index (χ1) is 13.7. The van der Waals surface area contributed by atoms with Crippen molar-refractivity contribution in [3.63, 3.8) is 0 Å².